The molecule has 0 spiro atoms. The standard InChI is InChI=1S/C6H8BrNO/c7-4-6(9)5-2-1-3-8-5/h1-3,6,8-9H,4H2. The Kier molecular flexibility index (Phi) is 2.30. The van der Waals surface area contributed by atoms with Crippen LogP contribution in [0.5, 0.6) is 0 Å². The molecule has 1 unspecified atom stereocenters. The van der Waals surface area contributed by atoms with Crippen molar-refractivity contribution in [1.82, 2.24) is 4.98 Å². The van der Waals surface area contributed by atoms with Crippen LogP contribution in [0.2, 0.25) is 0 Å². The van der Waals surface area contributed by atoms with Crippen LogP contribution in [-0.2, 0) is 0 Å². The first-order valence-corrected chi connectivity index (χ1v) is 3.84. The number of aromatic amines is 1. The van der Waals surface area contributed by atoms with E-state index in [2.05, 4.69) is 20.9 Å². The SMILES string of the molecule is OC(CBr)c1ccc[nH]1. The van der Waals surface area contributed by atoms with Crippen LogP contribution < -0.4 is 0 Å². The summed E-state index contributed by atoms with van der Waals surface area (Å²) in [5, 5.41) is 9.72. The van der Waals surface area contributed by atoms with Gasteiger partial charge < -0.3 is 10.1 Å². The molecule has 0 amide bonds. The number of H-pyrrole nitrogens is 1. The summed E-state index contributed by atoms with van der Waals surface area (Å²) in [6.45, 7) is 0. The van der Waals surface area contributed by atoms with Gasteiger partial charge in [0.1, 0.15) is 6.10 Å². The summed E-state index contributed by atoms with van der Waals surface area (Å²) < 4.78 is 0. The zero-order chi connectivity index (χ0) is 6.69. The maximum atomic E-state index is 9.14. The average Bonchev–Trinajstić information content (AvgIpc) is 2.37. The molecule has 0 saturated carbocycles. The lowest BCUT2D eigenvalue weighted by atomic mass is 10.3. The van der Waals surface area contributed by atoms with E-state index in [0.29, 0.717) is 5.33 Å². The predicted molar refractivity (Wildman–Crippen MR) is 39.5 cm³/mol. The third kappa shape index (κ3) is 1.56. The zero-order valence-electron chi connectivity index (χ0n) is 4.84. The molecule has 2 N–H and O–H groups in total. The summed E-state index contributed by atoms with van der Waals surface area (Å²) in [5.74, 6) is 0. The van der Waals surface area contributed by atoms with Crippen molar-refractivity contribution < 1.29 is 5.11 Å². The highest BCUT2D eigenvalue weighted by Gasteiger charge is 2.03. The Morgan fingerprint density at radius 1 is 1.78 bits per heavy atom. The smallest absolute Gasteiger partial charge is 0.103 e. The molecule has 2 nitrogen and oxygen atoms in total. The van der Waals surface area contributed by atoms with Crippen molar-refractivity contribution in [2.24, 2.45) is 0 Å². The number of halogens is 1. The lowest BCUT2D eigenvalue weighted by Crippen LogP contribution is -1.97. The first-order valence-electron chi connectivity index (χ1n) is 2.72. The van der Waals surface area contributed by atoms with Gasteiger partial charge in [-0.15, -0.1) is 0 Å². The van der Waals surface area contributed by atoms with Crippen LogP contribution >= 0.6 is 15.9 Å². The van der Waals surface area contributed by atoms with E-state index in [-0.39, 0.29) is 0 Å². The molecule has 3 heteroatoms. The fraction of sp³-hybridized carbons (Fsp3) is 0.333. The monoisotopic (exact) mass is 189 g/mol. The maximum absolute atomic E-state index is 9.14. The Morgan fingerprint density at radius 2 is 2.56 bits per heavy atom. The molecule has 0 aliphatic carbocycles. The third-order valence-electron chi connectivity index (χ3n) is 1.13. The van der Waals surface area contributed by atoms with Crippen LogP contribution in [0.1, 0.15) is 11.8 Å². The Bertz CT molecular complexity index is 162. The number of aromatic nitrogens is 1. The van der Waals surface area contributed by atoms with E-state index in [1.54, 1.807) is 6.20 Å². The van der Waals surface area contributed by atoms with Crippen LogP contribution in [0, 0.1) is 0 Å². The molecule has 0 fully saturated rings. The minimum Gasteiger partial charge on any atom is -0.386 e. The van der Waals surface area contributed by atoms with Gasteiger partial charge in [-0.25, -0.2) is 0 Å². The Morgan fingerprint density at radius 3 is 3.00 bits per heavy atom. The second-order valence-corrected chi connectivity index (χ2v) is 2.44. The molecule has 0 aliphatic rings. The molecule has 1 atom stereocenters. The average molecular weight is 190 g/mol. The first-order chi connectivity index (χ1) is 4.34. The van der Waals surface area contributed by atoms with Gasteiger partial charge in [-0.3, -0.25) is 0 Å². The summed E-state index contributed by atoms with van der Waals surface area (Å²) in [4.78, 5) is 2.91. The van der Waals surface area contributed by atoms with Crippen LogP contribution in [0.25, 0.3) is 0 Å². The van der Waals surface area contributed by atoms with Gasteiger partial charge in [0.05, 0.1) is 0 Å². The summed E-state index contributed by atoms with van der Waals surface area (Å²) >= 11 is 3.17. The molecule has 1 aromatic rings. The van der Waals surface area contributed by atoms with Crippen LogP contribution in [0.15, 0.2) is 18.3 Å². The second kappa shape index (κ2) is 3.03. The maximum Gasteiger partial charge on any atom is 0.103 e. The van der Waals surface area contributed by atoms with Gasteiger partial charge in [0, 0.05) is 17.2 Å². The van der Waals surface area contributed by atoms with Crippen LogP contribution in [0.3, 0.4) is 0 Å². The van der Waals surface area contributed by atoms with Crippen molar-refractivity contribution in [2.45, 2.75) is 6.10 Å². The van der Waals surface area contributed by atoms with E-state index in [1.165, 1.54) is 0 Å². The number of nitrogens with one attached hydrogen (secondary N) is 1. The fourth-order valence-corrected chi connectivity index (χ4v) is 0.983. The lowest BCUT2D eigenvalue weighted by Gasteiger charge is -2.01. The second-order valence-electron chi connectivity index (χ2n) is 1.80. The van der Waals surface area contributed by atoms with Crippen molar-refractivity contribution in [2.75, 3.05) is 5.33 Å². The van der Waals surface area contributed by atoms with E-state index in [0.717, 1.165) is 5.69 Å². The molecule has 0 saturated heterocycles. The van der Waals surface area contributed by atoms with Gasteiger partial charge in [-0.05, 0) is 12.1 Å². The lowest BCUT2D eigenvalue weighted by molar-refractivity contribution is 0.201. The number of hydrogen-bond acceptors (Lipinski definition) is 1. The Hall–Kier alpha value is -0.280. The molecular weight excluding hydrogens is 182 g/mol. The highest BCUT2D eigenvalue weighted by molar-refractivity contribution is 9.09. The van der Waals surface area contributed by atoms with Crippen molar-refractivity contribution in [3.05, 3.63) is 24.0 Å². The van der Waals surface area contributed by atoms with Gasteiger partial charge >= 0.3 is 0 Å². The highest BCUT2D eigenvalue weighted by atomic mass is 79.9. The number of aliphatic hydroxyl groups is 1. The van der Waals surface area contributed by atoms with E-state index < -0.39 is 6.10 Å². The van der Waals surface area contributed by atoms with Gasteiger partial charge in [-0.1, -0.05) is 15.9 Å². The van der Waals surface area contributed by atoms with Gasteiger partial charge in [0.15, 0.2) is 0 Å². The number of hydrogen-bond donors (Lipinski definition) is 2. The topological polar surface area (TPSA) is 36.0 Å². The van der Waals surface area contributed by atoms with Crippen molar-refractivity contribution in [3.63, 3.8) is 0 Å². The fourth-order valence-electron chi connectivity index (χ4n) is 0.635. The number of aliphatic hydroxyl groups excluding tert-OH is 1. The van der Waals surface area contributed by atoms with Crippen molar-refractivity contribution in [1.29, 1.82) is 0 Å². The van der Waals surface area contributed by atoms with E-state index >= 15 is 0 Å². The van der Waals surface area contributed by atoms with E-state index in [9.17, 15) is 0 Å². The number of alkyl halides is 1. The third-order valence-corrected chi connectivity index (χ3v) is 1.74. The summed E-state index contributed by atoms with van der Waals surface area (Å²) in [6, 6.07) is 3.72. The molecule has 50 valence electrons. The molecule has 0 aliphatic heterocycles. The molecule has 1 aromatic heterocycles. The molecule has 9 heavy (non-hydrogen) atoms. The van der Waals surface area contributed by atoms with Crippen LogP contribution in [0.4, 0.5) is 0 Å². The molecule has 1 heterocycles. The Labute approximate surface area is 62.0 Å². The first kappa shape index (κ1) is 6.83. The van der Waals surface area contributed by atoms with Gasteiger partial charge in [0.2, 0.25) is 0 Å². The molecular formula is C6H8BrNO. The predicted octanol–water partition coefficient (Wildman–Crippen LogP) is 1.44. The zero-order valence-corrected chi connectivity index (χ0v) is 6.43. The molecule has 1 rings (SSSR count). The largest absolute Gasteiger partial charge is 0.386 e. The molecule has 0 aromatic carbocycles. The minimum absolute atomic E-state index is 0.403. The van der Waals surface area contributed by atoms with Gasteiger partial charge in [-0.2, -0.15) is 0 Å². The van der Waals surface area contributed by atoms with E-state index in [1.807, 2.05) is 12.1 Å². The van der Waals surface area contributed by atoms with Crippen molar-refractivity contribution >= 4 is 15.9 Å². The number of rotatable bonds is 2. The molecule has 0 radical (unpaired) electrons. The van der Waals surface area contributed by atoms with E-state index in [4.69, 9.17) is 5.11 Å². The van der Waals surface area contributed by atoms with Gasteiger partial charge in [0.25, 0.3) is 0 Å². The van der Waals surface area contributed by atoms with Crippen LogP contribution in [-0.4, -0.2) is 15.4 Å². The minimum atomic E-state index is -0.403. The summed E-state index contributed by atoms with van der Waals surface area (Å²) in [5.41, 5.74) is 0.854. The normalized spacial score (nSPS) is 13.6. The Balaban J connectivity index is 2.65. The van der Waals surface area contributed by atoms with Crippen molar-refractivity contribution in [3.8, 4) is 0 Å². The quantitative estimate of drug-likeness (QED) is 0.680. The summed E-state index contributed by atoms with van der Waals surface area (Å²) in [7, 11) is 0. The summed E-state index contributed by atoms with van der Waals surface area (Å²) in [6.07, 6.45) is 1.39. The molecule has 0 bridgehead atoms. The highest BCUT2D eigenvalue weighted by Crippen LogP contribution is 2.11.